The maximum absolute atomic E-state index is 11.9. The van der Waals surface area contributed by atoms with Crippen LogP contribution >= 0.6 is 0 Å². The zero-order valence-corrected chi connectivity index (χ0v) is 12.7. The first kappa shape index (κ1) is 14.4. The molecule has 1 saturated heterocycles. The molecule has 1 aromatic rings. The second-order valence-corrected chi connectivity index (χ2v) is 5.26. The Bertz CT molecular complexity index is 684. The van der Waals surface area contributed by atoms with Crippen LogP contribution in [0.4, 0.5) is 5.69 Å². The third-order valence-electron chi connectivity index (χ3n) is 3.94. The Morgan fingerprint density at radius 2 is 1.91 bits per heavy atom. The summed E-state index contributed by atoms with van der Waals surface area (Å²) in [4.78, 5) is 29.7. The van der Waals surface area contributed by atoms with Crippen molar-refractivity contribution in [2.45, 2.75) is 25.9 Å². The summed E-state index contributed by atoms with van der Waals surface area (Å²) in [6.45, 7) is 2.33. The van der Waals surface area contributed by atoms with Crippen molar-refractivity contribution in [2.24, 2.45) is 4.99 Å². The lowest BCUT2D eigenvalue weighted by atomic mass is 10.1. The van der Waals surface area contributed by atoms with E-state index in [-0.39, 0.29) is 18.2 Å². The number of methoxy groups -OCH3 is 2. The van der Waals surface area contributed by atoms with Crippen molar-refractivity contribution in [1.29, 1.82) is 0 Å². The number of aliphatic imine (C=N–C) groups is 1. The molecule has 2 aliphatic rings. The summed E-state index contributed by atoms with van der Waals surface area (Å²) >= 11 is 0. The van der Waals surface area contributed by atoms with Crippen LogP contribution in [0.2, 0.25) is 0 Å². The highest BCUT2D eigenvalue weighted by Gasteiger charge is 2.37. The van der Waals surface area contributed by atoms with Gasteiger partial charge in [-0.05, 0) is 13.0 Å². The van der Waals surface area contributed by atoms with Gasteiger partial charge >= 0.3 is 0 Å². The first-order valence-electron chi connectivity index (χ1n) is 6.94. The molecule has 1 fully saturated rings. The average Bonchev–Trinajstić information content (AvgIpc) is 2.83. The van der Waals surface area contributed by atoms with E-state index in [9.17, 15) is 9.59 Å². The van der Waals surface area contributed by atoms with Crippen LogP contribution in [0.25, 0.3) is 0 Å². The lowest BCUT2D eigenvalue weighted by Gasteiger charge is -2.32. The number of carbonyl (C=O) groups excluding carboxylic acids is 2. The molecule has 1 unspecified atom stereocenters. The number of amidine groups is 1. The van der Waals surface area contributed by atoms with E-state index in [1.54, 1.807) is 14.2 Å². The molecule has 7 nitrogen and oxygen atoms in total. The molecule has 0 radical (unpaired) electrons. The molecule has 0 spiro atoms. The molecular formula is C15H17N3O4. The summed E-state index contributed by atoms with van der Waals surface area (Å²) in [6.07, 6.45) is 0.161. The quantitative estimate of drug-likeness (QED) is 0.842. The third-order valence-corrected chi connectivity index (χ3v) is 3.94. The second-order valence-electron chi connectivity index (χ2n) is 5.26. The number of hydrogen-bond donors (Lipinski definition) is 1. The highest BCUT2D eigenvalue weighted by atomic mass is 16.5. The number of nitrogens with zero attached hydrogens (tertiary/aromatic N) is 2. The predicted octanol–water partition coefficient (Wildman–Crippen LogP) is 0.984. The third kappa shape index (κ3) is 2.28. The predicted molar refractivity (Wildman–Crippen MR) is 79.4 cm³/mol. The maximum atomic E-state index is 11.9. The largest absolute Gasteiger partial charge is 0.493 e. The Kier molecular flexibility index (Phi) is 3.48. The minimum atomic E-state index is -0.502. The Morgan fingerprint density at radius 1 is 1.23 bits per heavy atom. The Morgan fingerprint density at radius 3 is 2.50 bits per heavy atom. The van der Waals surface area contributed by atoms with E-state index in [2.05, 4.69) is 10.3 Å². The number of amides is 2. The average molecular weight is 303 g/mol. The lowest BCUT2D eigenvalue weighted by molar-refractivity contribution is -0.125. The highest BCUT2D eigenvalue weighted by Crippen LogP contribution is 2.38. The SMILES string of the molecule is COc1cc2c(cc1OC)N=C(C)N(C1CC(=O)NC1=O)C2. The zero-order chi connectivity index (χ0) is 15.9. The summed E-state index contributed by atoms with van der Waals surface area (Å²) in [7, 11) is 3.15. The second kappa shape index (κ2) is 5.32. The van der Waals surface area contributed by atoms with Gasteiger partial charge in [0.15, 0.2) is 11.5 Å². The number of imide groups is 1. The van der Waals surface area contributed by atoms with Crippen molar-refractivity contribution in [1.82, 2.24) is 10.2 Å². The Balaban J connectivity index is 1.96. The molecule has 7 heteroatoms. The number of benzene rings is 1. The fourth-order valence-electron chi connectivity index (χ4n) is 2.81. The summed E-state index contributed by atoms with van der Waals surface area (Å²) < 4.78 is 10.6. The van der Waals surface area contributed by atoms with Crippen molar-refractivity contribution in [2.75, 3.05) is 14.2 Å². The molecular weight excluding hydrogens is 286 g/mol. The van der Waals surface area contributed by atoms with Crippen molar-refractivity contribution in [3.05, 3.63) is 17.7 Å². The molecule has 1 atom stereocenters. The molecule has 0 aliphatic carbocycles. The Hall–Kier alpha value is -2.57. The van der Waals surface area contributed by atoms with Crippen LogP contribution in [0.5, 0.6) is 11.5 Å². The standard InChI is InChI=1S/C15H17N3O4/c1-8-16-10-5-13(22-3)12(21-2)4-9(10)7-18(8)11-6-14(19)17-15(11)20/h4-5,11H,6-7H2,1-3H3,(H,17,19,20). The van der Waals surface area contributed by atoms with Crippen LogP contribution in [-0.2, 0) is 16.1 Å². The first-order valence-corrected chi connectivity index (χ1v) is 6.94. The van der Waals surface area contributed by atoms with Crippen molar-refractivity contribution in [3.63, 3.8) is 0 Å². The Labute approximate surface area is 127 Å². The van der Waals surface area contributed by atoms with Gasteiger partial charge in [0.05, 0.1) is 26.3 Å². The minimum Gasteiger partial charge on any atom is -0.493 e. The molecule has 0 aromatic heterocycles. The molecule has 2 aliphatic heterocycles. The molecule has 0 saturated carbocycles. The van der Waals surface area contributed by atoms with E-state index < -0.39 is 6.04 Å². The summed E-state index contributed by atoms with van der Waals surface area (Å²) in [5, 5.41) is 2.33. The van der Waals surface area contributed by atoms with Crippen LogP contribution in [0.3, 0.4) is 0 Å². The lowest BCUT2D eigenvalue weighted by Crippen LogP contribution is -2.44. The van der Waals surface area contributed by atoms with Crippen LogP contribution in [0, 0.1) is 0 Å². The number of carbonyl (C=O) groups is 2. The van der Waals surface area contributed by atoms with Gasteiger partial charge < -0.3 is 14.4 Å². The molecule has 116 valence electrons. The fourth-order valence-corrected chi connectivity index (χ4v) is 2.81. The smallest absolute Gasteiger partial charge is 0.249 e. The zero-order valence-electron chi connectivity index (χ0n) is 12.7. The number of nitrogens with one attached hydrogen (secondary N) is 1. The summed E-state index contributed by atoms with van der Waals surface area (Å²) in [5.41, 5.74) is 1.71. The van der Waals surface area contributed by atoms with Crippen LogP contribution in [-0.4, -0.2) is 42.8 Å². The molecule has 3 rings (SSSR count). The van der Waals surface area contributed by atoms with Crippen molar-refractivity contribution < 1.29 is 19.1 Å². The van der Waals surface area contributed by atoms with Crippen LogP contribution < -0.4 is 14.8 Å². The fraction of sp³-hybridized carbons (Fsp3) is 0.400. The van der Waals surface area contributed by atoms with E-state index in [1.165, 1.54) is 0 Å². The van der Waals surface area contributed by atoms with E-state index >= 15 is 0 Å². The van der Waals surface area contributed by atoms with Gasteiger partial charge in [0.25, 0.3) is 0 Å². The first-order chi connectivity index (χ1) is 10.5. The summed E-state index contributed by atoms with van der Waals surface area (Å²) in [5.74, 6) is 1.40. The van der Waals surface area contributed by atoms with Gasteiger partial charge in [0.2, 0.25) is 11.8 Å². The van der Waals surface area contributed by atoms with Crippen LogP contribution in [0.1, 0.15) is 18.9 Å². The molecule has 22 heavy (non-hydrogen) atoms. The molecule has 1 N–H and O–H groups in total. The molecule has 2 heterocycles. The number of hydrogen-bond acceptors (Lipinski definition) is 6. The topological polar surface area (TPSA) is 80.2 Å². The summed E-state index contributed by atoms with van der Waals surface area (Å²) in [6, 6.07) is 3.17. The van der Waals surface area contributed by atoms with Gasteiger partial charge in [0.1, 0.15) is 11.9 Å². The molecule has 0 bridgehead atoms. The minimum absolute atomic E-state index is 0.161. The molecule has 2 amide bonds. The van der Waals surface area contributed by atoms with Gasteiger partial charge in [-0.1, -0.05) is 0 Å². The van der Waals surface area contributed by atoms with Gasteiger partial charge in [0, 0.05) is 18.2 Å². The van der Waals surface area contributed by atoms with Gasteiger partial charge in [-0.15, -0.1) is 0 Å². The number of ether oxygens (including phenoxy) is 2. The normalized spacial score (nSPS) is 20.4. The maximum Gasteiger partial charge on any atom is 0.249 e. The van der Waals surface area contributed by atoms with Crippen LogP contribution in [0.15, 0.2) is 17.1 Å². The number of fused-ring (bicyclic) bond motifs is 1. The van der Waals surface area contributed by atoms with E-state index in [0.29, 0.717) is 23.9 Å². The molecule has 1 aromatic carbocycles. The van der Waals surface area contributed by atoms with Gasteiger partial charge in [-0.25, -0.2) is 4.99 Å². The monoisotopic (exact) mass is 303 g/mol. The highest BCUT2D eigenvalue weighted by molar-refractivity contribution is 6.07. The van der Waals surface area contributed by atoms with E-state index in [1.807, 2.05) is 24.0 Å². The van der Waals surface area contributed by atoms with E-state index in [0.717, 1.165) is 11.3 Å². The van der Waals surface area contributed by atoms with Crippen molar-refractivity contribution in [3.8, 4) is 11.5 Å². The van der Waals surface area contributed by atoms with Gasteiger partial charge in [-0.3, -0.25) is 14.9 Å². The van der Waals surface area contributed by atoms with Gasteiger partial charge in [-0.2, -0.15) is 0 Å². The number of rotatable bonds is 3. The van der Waals surface area contributed by atoms with E-state index in [4.69, 9.17) is 9.47 Å². The van der Waals surface area contributed by atoms with Crippen molar-refractivity contribution >= 4 is 23.3 Å².